The van der Waals surface area contributed by atoms with E-state index < -0.39 is 97.5 Å². The van der Waals surface area contributed by atoms with Gasteiger partial charge in [-0.05, 0) is 25.7 Å². The molecule has 19 heteroatoms. The van der Waals surface area contributed by atoms with Crippen LogP contribution in [0.4, 0.5) is 0 Å². The van der Waals surface area contributed by atoms with E-state index in [4.69, 9.17) is 37.0 Å². The third kappa shape index (κ3) is 78.2. The van der Waals surface area contributed by atoms with Gasteiger partial charge in [0.15, 0.2) is 12.2 Å². The summed E-state index contributed by atoms with van der Waals surface area (Å²) in [7, 11) is -9.93. The zero-order chi connectivity index (χ0) is 76.0. The second-order valence-electron chi connectivity index (χ2n) is 30.6. The van der Waals surface area contributed by atoms with E-state index >= 15 is 0 Å². The van der Waals surface area contributed by atoms with Crippen LogP contribution in [-0.2, 0) is 65.4 Å². The molecular weight excluding hydrogens is 1350 g/mol. The average Bonchev–Trinajstić information content (AvgIpc) is 0.909. The van der Waals surface area contributed by atoms with E-state index in [0.717, 1.165) is 89.9 Å². The lowest BCUT2D eigenvalue weighted by atomic mass is 10.0. The van der Waals surface area contributed by atoms with Crippen molar-refractivity contribution in [1.82, 2.24) is 0 Å². The first kappa shape index (κ1) is 102. The minimum absolute atomic E-state index is 0.109. The lowest BCUT2D eigenvalue weighted by Crippen LogP contribution is -2.30. The van der Waals surface area contributed by atoms with Gasteiger partial charge in [0.05, 0.1) is 26.4 Å². The molecule has 0 saturated carbocycles. The Morgan fingerprint density at radius 1 is 0.231 bits per heavy atom. The lowest BCUT2D eigenvalue weighted by Gasteiger charge is -2.21. The fraction of sp³-hybridized carbons (Fsp3) is 0.953. The standard InChI is InChI=1S/C85H166O17P2/c1-5-9-13-17-21-25-29-33-37-39-43-46-50-54-58-62-66-70-83(88)96-76-80(101-84(89)71-67-63-59-55-51-47-42-36-32-28-24-20-16-12-8-4)77-99-103(91,92)97-73-79(86)74-98-104(93,94)100-78-81(75-95-82(87)69-65-61-57-53-49-45-41-35-31-27-23-19-15-11-7-3)102-85(90)72-68-64-60-56-52-48-44-40-38-34-30-26-22-18-14-10-6-2/h79-81,86H,5-78H2,1-4H3,(H,91,92)(H,93,94)/t79-,80+,81+/m0/s1. The molecule has 0 aromatic rings. The number of phosphoric ester groups is 2. The van der Waals surface area contributed by atoms with Crippen LogP contribution in [0.2, 0.25) is 0 Å². The van der Waals surface area contributed by atoms with Crippen molar-refractivity contribution in [3.8, 4) is 0 Å². The highest BCUT2D eigenvalue weighted by Gasteiger charge is 2.30. The Hall–Kier alpha value is -1.94. The van der Waals surface area contributed by atoms with Crippen LogP contribution in [0.1, 0.15) is 464 Å². The number of esters is 4. The minimum Gasteiger partial charge on any atom is -0.462 e. The maximum Gasteiger partial charge on any atom is 0.472 e. The van der Waals surface area contributed by atoms with Gasteiger partial charge in [-0.15, -0.1) is 0 Å². The van der Waals surface area contributed by atoms with Crippen molar-refractivity contribution in [2.24, 2.45) is 0 Å². The molecule has 0 aliphatic carbocycles. The highest BCUT2D eigenvalue weighted by molar-refractivity contribution is 7.47. The van der Waals surface area contributed by atoms with E-state index in [2.05, 4.69) is 27.7 Å². The molecule has 0 aromatic heterocycles. The first-order valence-electron chi connectivity index (χ1n) is 44.3. The van der Waals surface area contributed by atoms with Gasteiger partial charge < -0.3 is 33.8 Å². The van der Waals surface area contributed by atoms with Gasteiger partial charge in [0.25, 0.3) is 0 Å². The van der Waals surface area contributed by atoms with Gasteiger partial charge in [-0.3, -0.25) is 37.3 Å². The molecule has 3 N–H and O–H groups in total. The third-order valence-electron chi connectivity index (χ3n) is 20.1. The molecule has 0 saturated heterocycles. The van der Waals surface area contributed by atoms with Gasteiger partial charge in [0, 0.05) is 25.7 Å². The number of ether oxygens (including phenoxy) is 4. The first-order valence-corrected chi connectivity index (χ1v) is 47.3. The van der Waals surface area contributed by atoms with Gasteiger partial charge in [-0.2, -0.15) is 0 Å². The van der Waals surface area contributed by atoms with Crippen LogP contribution in [0.3, 0.4) is 0 Å². The topological polar surface area (TPSA) is 237 Å². The molecule has 0 heterocycles. The Kier molecular flexibility index (Phi) is 77.7. The van der Waals surface area contributed by atoms with E-state index in [1.807, 2.05) is 0 Å². The number of rotatable bonds is 86. The number of phosphoric acid groups is 2. The van der Waals surface area contributed by atoms with Crippen molar-refractivity contribution in [2.75, 3.05) is 39.6 Å². The Morgan fingerprint density at radius 2 is 0.385 bits per heavy atom. The highest BCUT2D eigenvalue weighted by atomic mass is 31.2. The predicted octanol–water partition coefficient (Wildman–Crippen LogP) is 26.1. The molecular formula is C85H166O17P2. The summed E-state index contributed by atoms with van der Waals surface area (Å²) >= 11 is 0. The van der Waals surface area contributed by atoms with Crippen molar-refractivity contribution in [2.45, 2.75) is 483 Å². The van der Waals surface area contributed by atoms with Gasteiger partial charge >= 0.3 is 39.5 Å². The molecule has 17 nitrogen and oxygen atoms in total. The smallest absolute Gasteiger partial charge is 0.462 e. The van der Waals surface area contributed by atoms with Crippen LogP contribution in [0, 0.1) is 0 Å². The van der Waals surface area contributed by atoms with Crippen LogP contribution in [0.25, 0.3) is 0 Å². The SMILES string of the molecule is CCCCCCCCCCCCCCCCCCCC(=O)OC[C@H](COP(=O)(O)OC[C@H](O)COP(=O)(O)OC[C@@H](COC(=O)CCCCCCCCCCCCCCCCC)OC(=O)CCCCCCCCCCCCCCCCCCC)OC(=O)CCCCCCCCCCCCCCCCC. The van der Waals surface area contributed by atoms with Crippen LogP contribution in [0.5, 0.6) is 0 Å². The van der Waals surface area contributed by atoms with E-state index in [1.54, 1.807) is 0 Å². The van der Waals surface area contributed by atoms with Crippen LogP contribution < -0.4 is 0 Å². The monoisotopic (exact) mass is 1520 g/mol. The summed E-state index contributed by atoms with van der Waals surface area (Å²) in [6.07, 6.45) is 73.4. The quantitative estimate of drug-likeness (QED) is 0.0222. The summed E-state index contributed by atoms with van der Waals surface area (Å²) in [6, 6.07) is 0. The van der Waals surface area contributed by atoms with Gasteiger partial charge in [-0.1, -0.05) is 413 Å². The van der Waals surface area contributed by atoms with Crippen LogP contribution >= 0.6 is 15.6 Å². The molecule has 0 radical (unpaired) electrons. The number of aliphatic hydroxyl groups excluding tert-OH is 1. The molecule has 5 atom stereocenters. The fourth-order valence-corrected chi connectivity index (χ4v) is 14.9. The Morgan fingerprint density at radius 3 is 0.567 bits per heavy atom. The molecule has 0 aromatic carbocycles. The fourth-order valence-electron chi connectivity index (χ4n) is 13.3. The Bertz CT molecular complexity index is 1960. The largest absolute Gasteiger partial charge is 0.472 e. The average molecular weight is 1520 g/mol. The lowest BCUT2D eigenvalue weighted by molar-refractivity contribution is -0.161. The highest BCUT2D eigenvalue weighted by Crippen LogP contribution is 2.45. The van der Waals surface area contributed by atoms with E-state index in [-0.39, 0.29) is 25.7 Å². The summed E-state index contributed by atoms with van der Waals surface area (Å²) in [5, 5.41) is 10.7. The second kappa shape index (κ2) is 79.2. The first-order chi connectivity index (χ1) is 50.7. The van der Waals surface area contributed by atoms with E-state index in [9.17, 15) is 43.2 Å². The van der Waals surface area contributed by atoms with Crippen molar-refractivity contribution >= 4 is 39.5 Å². The van der Waals surface area contributed by atoms with E-state index in [0.29, 0.717) is 25.7 Å². The minimum atomic E-state index is -4.96. The molecule has 0 amide bonds. The van der Waals surface area contributed by atoms with Crippen LogP contribution in [0.15, 0.2) is 0 Å². The number of aliphatic hydroxyl groups is 1. The molecule has 2 unspecified atom stereocenters. The number of carbonyl (C=O) groups is 4. The van der Waals surface area contributed by atoms with Crippen molar-refractivity contribution in [1.29, 1.82) is 0 Å². The van der Waals surface area contributed by atoms with Crippen molar-refractivity contribution in [3.63, 3.8) is 0 Å². The normalized spacial score (nSPS) is 13.7. The van der Waals surface area contributed by atoms with E-state index in [1.165, 1.54) is 295 Å². The number of carbonyl (C=O) groups excluding carboxylic acids is 4. The number of hydrogen-bond donors (Lipinski definition) is 3. The summed E-state index contributed by atoms with van der Waals surface area (Å²) < 4.78 is 68.9. The zero-order valence-corrected chi connectivity index (χ0v) is 69.8. The van der Waals surface area contributed by atoms with Crippen LogP contribution in [-0.4, -0.2) is 96.7 Å². The Labute approximate surface area is 638 Å². The molecule has 0 aliphatic heterocycles. The zero-order valence-electron chi connectivity index (χ0n) is 68.0. The predicted molar refractivity (Wildman–Crippen MR) is 428 cm³/mol. The molecule has 0 spiro atoms. The van der Waals surface area contributed by atoms with Gasteiger partial charge in [0.1, 0.15) is 19.3 Å². The van der Waals surface area contributed by atoms with Gasteiger partial charge in [0.2, 0.25) is 0 Å². The summed E-state index contributed by atoms with van der Waals surface area (Å²) in [5.41, 5.74) is 0. The molecule has 104 heavy (non-hydrogen) atoms. The maximum atomic E-state index is 13.1. The summed E-state index contributed by atoms with van der Waals surface area (Å²) in [4.78, 5) is 73.3. The number of unbranched alkanes of at least 4 members (excludes halogenated alkanes) is 60. The Balaban J connectivity index is 5.27. The van der Waals surface area contributed by atoms with Gasteiger partial charge in [-0.25, -0.2) is 9.13 Å². The molecule has 618 valence electrons. The third-order valence-corrected chi connectivity index (χ3v) is 22.0. The molecule has 0 bridgehead atoms. The molecule has 0 aliphatic rings. The second-order valence-corrected chi connectivity index (χ2v) is 33.5. The summed E-state index contributed by atoms with van der Waals surface area (Å²) in [5.74, 6) is -2.09. The molecule has 0 rings (SSSR count). The molecule has 0 fully saturated rings. The maximum absolute atomic E-state index is 13.1. The number of hydrogen-bond acceptors (Lipinski definition) is 15. The summed E-state index contributed by atoms with van der Waals surface area (Å²) in [6.45, 7) is 5.07. The van der Waals surface area contributed by atoms with Crippen molar-refractivity contribution < 1.29 is 80.2 Å². The van der Waals surface area contributed by atoms with Crippen molar-refractivity contribution in [3.05, 3.63) is 0 Å².